The Hall–Kier alpha value is -4.14. The quantitative estimate of drug-likeness (QED) is 0.0397. The largest absolute Gasteiger partial charge is 0.494 e. The van der Waals surface area contributed by atoms with Crippen LogP contribution in [0.2, 0.25) is 0 Å². The van der Waals surface area contributed by atoms with Crippen molar-refractivity contribution in [2.75, 3.05) is 52.0 Å². The summed E-state index contributed by atoms with van der Waals surface area (Å²) in [7, 11) is -6.17. The monoisotopic (exact) mass is 784 g/mol. The van der Waals surface area contributed by atoms with Gasteiger partial charge in [0, 0.05) is 11.1 Å². The second-order valence-corrected chi connectivity index (χ2v) is 17.3. The normalized spacial score (nSPS) is 12.1. The smallest absolute Gasteiger partial charge is 0.330 e. The molecular formula is C43H50N2O8P2. The Balaban J connectivity index is 1.23. The summed E-state index contributed by atoms with van der Waals surface area (Å²) in [5, 5.41) is 4.54. The fourth-order valence-corrected chi connectivity index (χ4v) is 9.85. The zero-order valence-electron chi connectivity index (χ0n) is 32.1. The van der Waals surface area contributed by atoms with E-state index in [-0.39, 0.29) is 0 Å². The standard InChI is InChI=1S/C43H50N2O8P2/c1-5-50-54(46,51-6-2)26-12-11-24-48-38-20-16-32(17-21-38)42-43(33-18-22-39(23-19-33)49-25-13-27-55(47,52-7-3)53-8-4)45-41-31-37-29-35-15-10-9-14-34(35)28-36(37)30-40(41)44-42/h9-10,14-23,28-31H,5-8,11-13,24-27H2,1-4H3. The Morgan fingerprint density at radius 2 is 0.873 bits per heavy atom. The number of benzene rings is 5. The molecule has 55 heavy (non-hydrogen) atoms. The van der Waals surface area contributed by atoms with Crippen LogP contribution in [0.1, 0.15) is 47.0 Å². The van der Waals surface area contributed by atoms with Gasteiger partial charge in [-0.05, 0) is 141 Å². The maximum Gasteiger partial charge on any atom is 0.330 e. The minimum Gasteiger partial charge on any atom is -0.494 e. The van der Waals surface area contributed by atoms with Crippen LogP contribution in [0.15, 0.2) is 97.1 Å². The molecule has 290 valence electrons. The van der Waals surface area contributed by atoms with Crippen molar-refractivity contribution in [3.63, 3.8) is 0 Å². The molecule has 0 N–H and O–H groups in total. The number of rotatable bonds is 21. The maximum absolute atomic E-state index is 12.8. The first-order chi connectivity index (χ1) is 26.7. The Morgan fingerprint density at radius 3 is 1.29 bits per heavy atom. The molecule has 0 amide bonds. The van der Waals surface area contributed by atoms with Crippen molar-refractivity contribution in [2.24, 2.45) is 0 Å². The summed E-state index contributed by atoms with van der Waals surface area (Å²) in [6.45, 7) is 9.49. The molecule has 0 saturated carbocycles. The molecule has 0 radical (unpaired) electrons. The predicted octanol–water partition coefficient (Wildman–Crippen LogP) is 11.7. The van der Waals surface area contributed by atoms with E-state index in [1.807, 2.05) is 76.2 Å². The van der Waals surface area contributed by atoms with Gasteiger partial charge in [0.2, 0.25) is 0 Å². The Morgan fingerprint density at radius 1 is 0.473 bits per heavy atom. The average molecular weight is 785 g/mol. The molecule has 0 spiro atoms. The molecule has 5 aromatic carbocycles. The zero-order valence-corrected chi connectivity index (χ0v) is 33.9. The van der Waals surface area contributed by atoms with E-state index in [1.165, 1.54) is 10.8 Å². The first-order valence-corrected chi connectivity index (χ1v) is 22.6. The summed E-state index contributed by atoms with van der Waals surface area (Å²) in [5.41, 5.74) is 4.89. The molecule has 0 atom stereocenters. The van der Waals surface area contributed by atoms with Crippen molar-refractivity contribution in [3.05, 3.63) is 97.1 Å². The number of unbranched alkanes of at least 4 members (excludes halogenated alkanes) is 1. The third kappa shape index (κ3) is 10.6. The maximum atomic E-state index is 12.8. The van der Waals surface area contributed by atoms with E-state index in [0.717, 1.165) is 56.5 Å². The van der Waals surface area contributed by atoms with Crippen LogP contribution in [0.4, 0.5) is 0 Å². The summed E-state index contributed by atoms with van der Waals surface area (Å²) < 4.78 is 59.3. The van der Waals surface area contributed by atoms with Crippen LogP contribution in [0.5, 0.6) is 11.5 Å². The van der Waals surface area contributed by atoms with E-state index in [9.17, 15) is 9.13 Å². The van der Waals surface area contributed by atoms with E-state index >= 15 is 0 Å². The predicted molar refractivity (Wildman–Crippen MR) is 222 cm³/mol. The fourth-order valence-electron chi connectivity index (χ4n) is 6.48. The van der Waals surface area contributed by atoms with Crippen LogP contribution < -0.4 is 9.47 Å². The van der Waals surface area contributed by atoms with E-state index in [0.29, 0.717) is 70.6 Å². The number of hydrogen-bond donors (Lipinski definition) is 0. The second-order valence-electron chi connectivity index (χ2n) is 13.0. The Bertz CT molecular complexity index is 2260. The molecule has 6 aromatic rings. The molecule has 0 saturated heterocycles. The van der Waals surface area contributed by atoms with Gasteiger partial charge in [0.05, 0.1) is 74.4 Å². The Labute approximate surface area is 323 Å². The highest BCUT2D eigenvalue weighted by Gasteiger charge is 2.24. The van der Waals surface area contributed by atoms with Crippen LogP contribution in [-0.2, 0) is 27.2 Å². The summed E-state index contributed by atoms with van der Waals surface area (Å²) >= 11 is 0. The number of ether oxygens (including phenoxy) is 2. The second kappa shape index (κ2) is 19.1. The lowest BCUT2D eigenvalue weighted by Crippen LogP contribution is -2.05. The number of hydrogen-bond acceptors (Lipinski definition) is 10. The molecule has 1 aromatic heterocycles. The molecular weight excluding hydrogens is 734 g/mol. The lowest BCUT2D eigenvalue weighted by atomic mass is 10.0. The van der Waals surface area contributed by atoms with Crippen molar-refractivity contribution in [1.82, 2.24) is 9.97 Å². The van der Waals surface area contributed by atoms with Gasteiger partial charge in [0.25, 0.3) is 0 Å². The van der Waals surface area contributed by atoms with Gasteiger partial charge in [-0.3, -0.25) is 9.13 Å². The molecule has 10 nitrogen and oxygen atoms in total. The van der Waals surface area contributed by atoms with Crippen LogP contribution in [0.3, 0.4) is 0 Å². The highest BCUT2D eigenvalue weighted by Crippen LogP contribution is 2.49. The van der Waals surface area contributed by atoms with Gasteiger partial charge < -0.3 is 27.6 Å². The van der Waals surface area contributed by atoms with Crippen LogP contribution in [-0.4, -0.2) is 61.9 Å². The zero-order chi connectivity index (χ0) is 38.7. The lowest BCUT2D eigenvalue weighted by molar-refractivity contribution is 0.216. The number of fused-ring (bicyclic) bond motifs is 3. The molecule has 1 heterocycles. The van der Waals surface area contributed by atoms with E-state index in [2.05, 4.69) is 48.5 Å². The van der Waals surface area contributed by atoms with Crippen molar-refractivity contribution in [2.45, 2.75) is 47.0 Å². The third-order valence-electron chi connectivity index (χ3n) is 8.99. The van der Waals surface area contributed by atoms with Gasteiger partial charge >= 0.3 is 15.2 Å². The van der Waals surface area contributed by atoms with Crippen LogP contribution in [0.25, 0.3) is 55.1 Å². The summed E-state index contributed by atoms with van der Waals surface area (Å²) in [6, 6.07) is 32.7. The van der Waals surface area contributed by atoms with Gasteiger partial charge in [0.1, 0.15) is 11.5 Å². The fraction of sp³-hybridized carbons (Fsp3) is 0.349. The van der Waals surface area contributed by atoms with Gasteiger partial charge in [-0.1, -0.05) is 24.3 Å². The van der Waals surface area contributed by atoms with E-state index in [1.54, 1.807) is 0 Å². The molecule has 0 aliphatic rings. The van der Waals surface area contributed by atoms with Crippen molar-refractivity contribution < 1.29 is 36.7 Å². The summed E-state index contributed by atoms with van der Waals surface area (Å²) in [6.07, 6.45) is 2.58. The van der Waals surface area contributed by atoms with Gasteiger partial charge in [-0.15, -0.1) is 0 Å². The van der Waals surface area contributed by atoms with Gasteiger partial charge in [-0.25, -0.2) is 9.97 Å². The summed E-state index contributed by atoms with van der Waals surface area (Å²) in [5.74, 6) is 1.43. The first-order valence-electron chi connectivity index (χ1n) is 19.1. The number of aromatic nitrogens is 2. The highest BCUT2D eigenvalue weighted by molar-refractivity contribution is 7.54. The first kappa shape index (κ1) is 40.5. The summed E-state index contributed by atoms with van der Waals surface area (Å²) in [4.78, 5) is 10.4. The molecule has 0 unspecified atom stereocenters. The topological polar surface area (TPSA) is 115 Å². The minimum absolute atomic E-state index is 0.295. The van der Waals surface area contributed by atoms with Crippen molar-refractivity contribution in [1.29, 1.82) is 0 Å². The van der Waals surface area contributed by atoms with Crippen LogP contribution in [0, 0.1) is 0 Å². The molecule has 12 heteroatoms. The SMILES string of the molecule is CCOP(=O)(CCCCOc1ccc(-c2nc3cc4cc5ccccc5cc4cc3nc2-c2ccc(OCCCP(=O)(OCC)OCC)cc2)cc1)OCC. The molecule has 0 fully saturated rings. The third-order valence-corrected chi connectivity index (χ3v) is 13.3. The number of nitrogens with zero attached hydrogens (tertiary/aromatic N) is 2. The molecule has 0 aliphatic heterocycles. The average Bonchev–Trinajstić information content (AvgIpc) is 3.18. The van der Waals surface area contributed by atoms with E-state index in [4.69, 9.17) is 37.5 Å². The van der Waals surface area contributed by atoms with Gasteiger partial charge in [-0.2, -0.15) is 0 Å². The highest BCUT2D eigenvalue weighted by atomic mass is 31.2. The van der Waals surface area contributed by atoms with Crippen LogP contribution >= 0.6 is 15.2 Å². The van der Waals surface area contributed by atoms with E-state index < -0.39 is 15.2 Å². The molecule has 0 aliphatic carbocycles. The molecule has 6 rings (SSSR count). The minimum atomic E-state index is -3.11. The molecule has 0 bridgehead atoms. The van der Waals surface area contributed by atoms with Crippen molar-refractivity contribution in [3.8, 4) is 34.0 Å². The Kier molecular flexibility index (Phi) is 14.1. The van der Waals surface area contributed by atoms with Gasteiger partial charge in [0.15, 0.2) is 0 Å². The van der Waals surface area contributed by atoms with Crippen molar-refractivity contribution >= 4 is 47.8 Å². The lowest BCUT2D eigenvalue weighted by Gasteiger charge is -2.17.